The largest absolute Gasteiger partial charge is 0.466 e. The van der Waals surface area contributed by atoms with E-state index < -0.39 is 22.6 Å². The van der Waals surface area contributed by atoms with Crippen molar-refractivity contribution in [1.82, 2.24) is 24.8 Å². The Hall–Kier alpha value is -2.92. The van der Waals surface area contributed by atoms with Crippen molar-refractivity contribution in [3.8, 4) is 0 Å². The number of likely N-dealkylation sites (tertiary alicyclic amines) is 1. The number of nitrogens with zero attached hydrogens (tertiary/aromatic N) is 5. The van der Waals surface area contributed by atoms with Crippen LogP contribution >= 0.6 is 11.8 Å². The molecule has 3 aliphatic heterocycles. The molecule has 36 heavy (non-hydrogen) atoms. The molecule has 10 nitrogen and oxygen atoms in total. The van der Waals surface area contributed by atoms with Crippen LogP contribution in [0.3, 0.4) is 0 Å². The van der Waals surface area contributed by atoms with E-state index in [0.717, 1.165) is 17.5 Å². The fourth-order valence-electron chi connectivity index (χ4n) is 6.15. The van der Waals surface area contributed by atoms with Gasteiger partial charge in [0.05, 0.1) is 28.7 Å². The minimum absolute atomic E-state index is 0.0413. The van der Waals surface area contributed by atoms with Gasteiger partial charge in [-0.3, -0.25) is 14.4 Å². The number of ether oxygens (including phenoxy) is 1. The molecule has 5 atom stereocenters. The molecule has 11 heteroatoms. The Labute approximate surface area is 213 Å². The number of aliphatic hydroxyl groups excluding tert-OH is 1. The number of rotatable bonds is 10. The second kappa shape index (κ2) is 9.85. The van der Waals surface area contributed by atoms with Crippen LogP contribution in [-0.2, 0) is 25.8 Å². The lowest BCUT2D eigenvalue weighted by Crippen LogP contribution is -2.55. The predicted molar refractivity (Wildman–Crippen MR) is 134 cm³/mol. The number of benzene rings is 1. The number of hydrogen-bond acceptors (Lipinski definition) is 8. The minimum Gasteiger partial charge on any atom is -0.466 e. The molecule has 5 rings (SSSR count). The average molecular weight is 514 g/mol. The predicted octanol–water partition coefficient (Wildman–Crippen LogP) is 1.44. The molecule has 4 heterocycles. The fraction of sp³-hybridized carbons (Fsp3) is 0.560. The van der Waals surface area contributed by atoms with E-state index in [0.29, 0.717) is 12.8 Å². The average Bonchev–Trinajstić information content (AvgIpc) is 3.62. The number of hydrogen-bond donors (Lipinski definition) is 1. The van der Waals surface area contributed by atoms with Crippen LogP contribution in [0.5, 0.6) is 0 Å². The van der Waals surface area contributed by atoms with Gasteiger partial charge in [0.15, 0.2) is 0 Å². The maximum absolute atomic E-state index is 14.3. The molecule has 1 aromatic heterocycles. The number of carbonyl (C=O) groups is 3. The second-order valence-electron chi connectivity index (χ2n) is 9.49. The molecule has 0 saturated carbocycles. The van der Waals surface area contributed by atoms with Crippen LogP contribution in [0.4, 0.5) is 0 Å². The molecular weight excluding hydrogens is 482 g/mol. The van der Waals surface area contributed by atoms with Gasteiger partial charge in [0.25, 0.3) is 0 Å². The second-order valence-corrected chi connectivity index (χ2v) is 11.1. The van der Waals surface area contributed by atoms with Crippen LogP contribution in [0, 0.1) is 11.8 Å². The smallest absolute Gasteiger partial charge is 0.310 e. The maximum atomic E-state index is 14.3. The molecule has 3 aliphatic rings. The van der Waals surface area contributed by atoms with E-state index in [9.17, 15) is 19.5 Å². The highest BCUT2D eigenvalue weighted by Crippen LogP contribution is 2.66. The van der Waals surface area contributed by atoms with Crippen molar-refractivity contribution in [1.29, 1.82) is 0 Å². The van der Waals surface area contributed by atoms with Crippen molar-refractivity contribution in [3.63, 3.8) is 0 Å². The molecule has 2 aromatic rings. The summed E-state index contributed by atoms with van der Waals surface area (Å²) in [6.45, 7) is 6.41. The van der Waals surface area contributed by atoms with Crippen LogP contribution in [0.25, 0.3) is 11.0 Å². The quantitative estimate of drug-likeness (QED) is 0.375. The van der Waals surface area contributed by atoms with Gasteiger partial charge in [-0.25, -0.2) is 4.68 Å². The van der Waals surface area contributed by atoms with Crippen LogP contribution in [0.2, 0.25) is 0 Å². The molecule has 2 bridgehead atoms. The number of aliphatic hydroxyl groups is 1. The number of carbonyl (C=O) groups excluding carboxylic acids is 3. The van der Waals surface area contributed by atoms with Gasteiger partial charge in [0.2, 0.25) is 11.8 Å². The van der Waals surface area contributed by atoms with E-state index in [1.54, 1.807) is 39.2 Å². The van der Waals surface area contributed by atoms with Crippen molar-refractivity contribution in [2.75, 3.05) is 26.3 Å². The third-order valence-electron chi connectivity index (χ3n) is 7.54. The fourth-order valence-corrected chi connectivity index (χ4v) is 8.35. The third-order valence-corrected chi connectivity index (χ3v) is 9.49. The molecule has 3 fully saturated rings. The zero-order valence-electron chi connectivity index (χ0n) is 20.3. The van der Waals surface area contributed by atoms with Crippen LogP contribution in [0.15, 0.2) is 36.9 Å². The molecule has 192 valence electrons. The van der Waals surface area contributed by atoms with E-state index in [1.165, 1.54) is 0 Å². The molecule has 1 N–H and O–H groups in total. The number of thioether (sulfide) groups is 1. The van der Waals surface area contributed by atoms with Crippen molar-refractivity contribution < 1.29 is 24.2 Å². The first-order valence-electron chi connectivity index (χ1n) is 12.4. The highest BCUT2D eigenvalue weighted by atomic mass is 32.2. The van der Waals surface area contributed by atoms with Crippen molar-refractivity contribution in [2.45, 2.75) is 48.9 Å². The maximum Gasteiger partial charge on any atom is 0.310 e. The van der Waals surface area contributed by atoms with Crippen LogP contribution in [0.1, 0.15) is 26.2 Å². The molecule has 2 unspecified atom stereocenters. The normalized spacial score (nSPS) is 28.5. The zero-order chi connectivity index (χ0) is 25.4. The summed E-state index contributed by atoms with van der Waals surface area (Å²) < 4.78 is 6.32. The lowest BCUT2D eigenvalue weighted by Gasteiger charge is -2.37. The van der Waals surface area contributed by atoms with Gasteiger partial charge >= 0.3 is 5.97 Å². The Bertz CT molecular complexity index is 1190. The Morgan fingerprint density at radius 1 is 1.39 bits per heavy atom. The number of amides is 2. The summed E-state index contributed by atoms with van der Waals surface area (Å²) in [7, 11) is 0. The van der Waals surface area contributed by atoms with E-state index in [2.05, 4.69) is 16.9 Å². The van der Waals surface area contributed by atoms with E-state index in [4.69, 9.17) is 4.74 Å². The van der Waals surface area contributed by atoms with Gasteiger partial charge in [0, 0.05) is 24.9 Å². The van der Waals surface area contributed by atoms with Gasteiger partial charge < -0.3 is 19.6 Å². The molecule has 2 amide bonds. The summed E-state index contributed by atoms with van der Waals surface area (Å²) in [4.78, 5) is 44.2. The van der Waals surface area contributed by atoms with Gasteiger partial charge in [-0.2, -0.15) is 0 Å². The monoisotopic (exact) mass is 513 g/mol. The first kappa shape index (κ1) is 24.8. The van der Waals surface area contributed by atoms with Crippen molar-refractivity contribution in [2.24, 2.45) is 11.8 Å². The zero-order valence-corrected chi connectivity index (χ0v) is 21.1. The SMILES string of the molecule is C=CCN(Cn1nnc2ccccc21)C(=O)C1N(CCCO)C(=O)[C@@H]2[C@H](C(=O)OCC)[C@@H]3CCC12S3. The third kappa shape index (κ3) is 3.80. The standard InChI is InChI=1S/C25H31N5O5S/c1-3-12-28(15-30-17-9-6-5-8-16(17)26-27-30)23(33)21-25-11-10-18(36-25)19(24(34)35-4-2)20(25)22(32)29(21)13-7-14-31/h3,5-6,8-9,18-21,31H,1,4,7,10-15H2,2H3/t18-,19+,20-,21?,25?/m0/s1. The Balaban J connectivity index is 1.50. The molecule has 0 aliphatic carbocycles. The minimum atomic E-state index is -0.745. The number of aromatic nitrogens is 3. The summed E-state index contributed by atoms with van der Waals surface area (Å²) in [6.07, 6.45) is 3.44. The number of para-hydroxylation sites is 1. The Morgan fingerprint density at radius 2 is 2.19 bits per heavy atom. The summed E-state index contributed by atoms with van der Waals surface area (Å²) in [5.41, 5.74) is 1.53. The van der Waals surface area contributed by atoms with Gasteiger partial charge in [0.1, 0.15) is 18.2 Å². The number of esters is 1. The van der Waals surface area contributed by atoms with E-state index in [1.807, 2.05) is 24.3 Å². The van der Waals surface area contributed by atoms with Gasteiger partial charge in [-0.05, 0) is 38.3 Å². The molecule has 1 aromatic carbocycles. The van der Waals surface area contributed by atoms with Crippen molar-refractivity contribution >= 4 is 40.6 Å². The van der Waals surface area contributed by atoms with Crippen LogP contribution in [-0.4, -0.2) is 90.0 Å². The first-order valence-corrected chi connectivity index (χ1v) is 13.3. The van der Waals surface area contributed by atoms with Gasteiger partial charge in [-0.1, -0.05) is 23.4 Å². The Kier molecular flexibility index (Phi) is 6.78. The topological polar surface area (TPSA) is 118 Å². The highest BCUT2D eigenvalue weighted by molar-refractivity contribution is 8.02. The van der Waals surface area contributed by atoms with E-state index >= 15 is 0 Å². The summed E-state index contributed by atoms with van der Waals surface area (Å²) in [6, 6.07) is 6.78. The van der Waals surface area contributed by atoms with Crippen LogP contribution < -0.4 is 0 Å². The lowest BCUT2D eigenvalue weighted by atomic mass is 9.71. The van der Waals surface area contributed by atoms with Crippen molar-refractivity contribution in [3.05, 3.63) is 36.9 Å². The summed E-state index contributed by atoms with van der Waals surface area (Å²) >= 11 is 1.60. The number of fused-ring (bicyclic) bond motifs is 2. The summed E-state index contributed by atoms with van der Waals surface area (Å²) in [5.74, 6) is -1.93. The molecule has 0 radical (unpaired) electrons. The molecule has 3 saturated heterocycles. The summed E-state index contributed by atoms with van der Waals surface area (Å²) in [5, 5.41) is 17.9. The first-order chi connectivity index (χ1) is 17.5. The molecule has 1 spiro atoms. The Morgan fingerprint density at radius 3 is 2.94 bits per heavy atom. The lowest BCUT2D eigenvalue weighted by molar-refractivity contribution is -0.153. The molecular formula is C25H31N5O5S. The van der Waals surface area contributed by atoms with E-state index in [-0.39, 0.29) is 56.0 Å². The van der Waals surface area contributed by atoms with Gasteiger partial charge in [-0.15, -0.1) is 23.4 Å². The highest BCUT2D eigenvalue weighted by Gasteiger charge is 2.74.